The number of ether oxygens (including phenoxy) is 1. The summed E-state index contributed by atoms with van der Waals surface area (Å²) < 4.78 is 18.5. The molecule has 0 spiro atoms. The fourth-order valence-electron chi connectivity index (χ4n) is 1.83. The van der Waals surface area contributed by atoms with Crippen LogP contribution in [0.15, 0.2) is 18.2 Å². The molecule has 1 aliphatic rings. The monoisotopic (exact) mass is 229 g/mol. The molecule has 1 aromatic rings. The minimum atomic E-state index is -0.469. The maximum Gasteiger partial charge on any atom is 0.142 e. The van der Waals surface area contributed by atoms with Gasteiger partial charge in [0.15, 0.2) is 0 Å². The van der Waals surface area contributed by atoms with Crippen molar-refractivity contribution in [3.63, 3.8) is 0 Å². The van der Waals surface area contributed by atoms with Gasteiger partial charge in [-0.15, -0.1) is 0 Å². The molecular weight excluding hydrogens is 217 g/mol. The van der Waals surface area contributed by atoms with E-state index in [1.807, 2.05) is 0 Å². The van der Waals surface area contributed by atoms with Crippen molar-refractivity contribution in [2.75, 3.05) is 13.2 Å². The van der Waals surface area contributed by atoms with E-state index in [0.29, 0.717) is 26.1 Å². The second-order valence-electron chi connectivity index (χ2n) is 3.90. The smallest absolute Gasteiger partial charge is 0.142 e. The van der Waals surface area contributed by atoms with Crippen LogP contribution in [-0.4, -0.2) is 13.2 Å². The molecular formula is C11H13ClFNO. The van der Waals surface area contributed by atoms with E-state index in [1.54, 1.807) is 12.1 Å². The molecule has 0 aliphatic carbocycles. The number of hydrogen-bond donors (Lipinski definition) is 1. The Bertz CT molecular complexity index is 364. The number of halogens is 2. The van der Waals surface area contributed by atoms with E-state index in [4.69, 9.17) is 22.1 Å². The Morgan fingerprint density at radius 2 is 2.00 bits per heavy atom. The molecule has 1 heterocycles. The molecule has 0 aromatic heterocycles. The fraction of sp³-hybridized carbons (Fsp3) is 0.455. The van der Waals surface area contributed by atoms with Crippen LogP contribution in [0.5, 0.6) is 0 Å². The van der Waals surface area contributed by atoms with Gasteiger partial charge in [0.05, 0.1) is 5.02 Å². The molecule has 0 atom stereocenters. The minimum Gasteiger partial charge on any atom is -0.381 e. The molecule has 0 bridgehead atoms. The molecule has 0 saturated carbocycles. The van der Waals surface area contributed by atoms with E-state index in [-0.39, 0.29) is 5.02 Å². The predicted octanol–water partition coefficient (Wildman–Crippen LogP) is 2.44. The molecule has 2 nitrogen and oxygen atoms in total. The van der Waals surface area contributed by atoms with Crippen molar-refractivity contribution >= 4 is 11.6 Å². The van der Waals surface area contributed by atoms with Crippen molar-refractivity contribution in [1.82, 2.24) is 0 Å². The van der Waals surface area contributed by atoms with Crippen LogP contribution in [0.3, 0.4) is 0 Å². The molecule has 2 rings (SSSR count). The summed E-state index contributed by atoms with van der Waals surface area (Å²) in [5, 5.41) is 0.134. The first-order chi connectivity index (χ1) is 7.12. The van der Waals surface area contributed by atoms with Crippen LogP contribution in [0.2, 0.25) is 5.02 Å². The van der Waals surface area contributed by atoms with Crippen molar-refractivity contribution < 1.29 is 9.13 Å². The van der Waals surface area contributed by atoms with Gasteiger partial charge in [-0.1, -0.05) is 17.7 Å². The SMILES string of the molecule is NC1(c2ccc(Cl)c(F)c2)CCOCC1. The van der Waals surface area contributed by atoms with Gasteiger partial charge in [-0.25, -0.2) is 4.39 Å². The standard InChI is InChI=1S/C11H13ClFNO/c12-9-2-1-8(7-10(9)13)11(14)3-5-15-6-4-11/h1-2,7H,3-6,14H2. The fourth-order valence-corrected chi connectivity index (χ4v) is 1.95. The molecule has 0 unspecified atom stereocenters. The maximum atomic E-state index is 13.3. The van der Waals surface area contributed by atoms with Gasteiger partial charge in [0.2, 0.25) is 0 Å². The zero-order valence-electron chi connectivity index (χ0n) is 8.30. The molecule has 4 heteroatoms. The average molecular weight is 230 g/mol. The highest BCUT2D eigenvalue weighted by molar-refractivity contribution is 6.30. The molecule has 1 saturated heterocycles. The lowest BCUT2D eigenvalue weighted by atomic mass is 9.84. The Morgan fingerprint density at radius 1 is 1.33 bits per heavy atom. The predicted molar refractivity (Wildman–Crippen MR) is 57.3 cm³/mol. The molecule has 2 N–H and O–H groups in total. The Kier molecular flexibility index (Phi) is 2.96. The lowest BCUT2D eigenvalue weighted by molar-refractivity contribution is 0.0521. The first kappa shape index (κ1) is 10.9. The normalized spacial score (nSPS) is 20.2. The Labute approximate surface area is 93.2 Å². The third-order valence-electron chi connectivity index (χ3n) is 2.88. The van der Waals surface area contributed by atoms with E-state index in [9.17, 15) is 4.39 Å². The molecule has 0 amide bonds. The second-order valence-corrected chi connectivity index (χ2v) is 4.30. The van der Waals surface area contributed by atoms with Crippen molar-refractivity contribution in [1.29, 1.82) is 0 Å². The second kappa shape index (κ2) is 4.08. The van der Waals surface area contributed by atoms with Crippen molar-refractivity contribution in [3.05, 3.63) is 34.6 Å². The summed E-state index contributed by atoms with van der Waals surface area (Å²) in [5.41, 5.74) is 6.54. The lowest BCUT2D eigenvalue weighted by Crippen LogP contribution is -2.42. The van der Waals surface area contributed by atoms with Gasteiger partial charge >= 0.3 is 0 Å². The third kappa shape index (κ3) is 2.14. The highest BCUT2D eigenvalue weighted by Gasteiger charge is 2.30. The first-order valence-electron chi connectivity index (χ1n) is 4.94. The molecule has 1 fully saturated rings. The Balaban J connectivity index is 2.31. The summed E-state index contributed by atoms with van der Waals surface area (Å²) in [6.07, 6.45) is 1.43. The summed E-state index contributed by atoms with van der Waals surface area (Å²) >= 11 is 5.62. The number of rotatable bonds is 1. The highest BCUT2D eigenvalue weighted by Crippen LogP contribution is 2.31. The van der Waals surface area contributed by atoms with Crippen LogP contribution >= 0.6 is 11.6 Å². The summed E-state index contributed by atoms with van der Waals surface area (Å²) in [7, 11) is 0. The van der Waals surface area contributed by atoms with Gasteiger partial charge in [-0.05, 0) is 30.5 Å². The summed E-state index contributed by atoms with van der Waals surface area (Å²) in [6.45, 7) is 1.25. The molecule has 0 radical (unpaired) electrons. The molecule has 82 valence electrons. The number of hydrogen-bond acceptors (Lipinski definition) is 2. The van der Waals surface area contributed by atoms with Gasteiger partial charge < -0.3 is 10.5 Å². The van der Waals surface area contributed by atoms with Crippen LogP contribution in [0, 0.1) is 5.82 Å². The van der Waals surface area contributed by atoms with Gasteiger partial charge in [-0.2, -0.15) is 0 Å². The van der Waals surface area contributed by atoms with Crippen LogP contribution in [0.4, 0.5) is 4.39 Å². The molecule has 1 aromatic carbocycles. The van der Waals surface area contributed by atoms with Crippen LogP contribution in [0.25, 0.3) is 0 Å². The number of benzene rings is 1. The van der Waals surface area contributed by atoms with Gasteiger partial charge in [-0.3, -0.25) is 0 Å². The lowest BCUT2D eigenvalue weighted by Gasteiger charge is -2.33. The average Bonchev–Trinajstić information content (AvgIpc) is 2.23. The van der Waals surface area contributed by atoms with E-state index in [1.165, 1.54) is 6.07 Å². The third-order valence-corrected chi connectivity index (χ3v) is 3.19. The van der Waals surface area contributed by atoms with Gasteiger partial charge in [0.25, 0.3) is 0 Å². The quantitative estimate of drug-likeness (QED) is 0.803. The summed E-state index contributed by atoms with van der Waals surface area (Å²) in [6, 6.07) is 4.76. The van der Waals surface area contributed by atoms with Crippen LogP contribution in [0.1, 0.15) is 18.4 Å². The van der Waals surface area contributed by atoms with Gasteiger partial charge in [0, 0.05) is 18.8 Å². The maximum absolute atomic E-state index is 13.3. The van der Waals surface area contributed by atoms with Crippen molar-refractivity contribution in [2.24, 2.45) is 5.73 Å². The van der Waals surface area contributed by atoms with Crippen LogP contribution in [-0.2, 0) is 10.3 Å². The number of nitrogens with two attached hydrogens (primary N) is 1. The highest BCUT2D eigenvalue weighted by atomic mass is 35.5. The zero-order chi connectivity index (χ0) is 10.9. The topological polar surface area (TPSA) is 35.2 Å². The molecule has 1 aliphatic heterocycles. The Morgan fingerprint density at radius 3 is 2.60 bits per heavy atom. The summed E-state index contributed by atoms with van der Waals surface area (Å²) in [4.78, 5) is 0. The Hall–Kier alpha value is -0.640. The van der Waals surface area contributed by atoms with Gasteiger partial charge in [0.1, 0.15) is 5.82 Å². The summed E-state index contributed by atoms with van der Waals surface area (Å²) in [5.74, 6) is -0.412. The van der Waals surface area contributed by atoms with Crippen LogP contribution < -0.4 is 5.73 Å². The van der Waals surface area contributed by atoms with E-state index in [0.717, 1.165) is 5.56 Å². The minimum absolute atomic E-state index is 0.134. The van der Waals surface area contributed by atoms with E-state index in [2.05, 4.69) is 0 Å². The largest absolute Gasteiger partial charge is 0.381 e. The zero-order valence-corrected chi connectivity index (χ0v) is 9.06. The van der Waals surface area contributed by atoms with E-state index < -0.39 is 11.4 Å². The first-order valence-corrected chi connectivity index (χ1v) is 5.32. The van der Waals surface area contributed by atoms with Crippen molar-refractivity contribution in [3.8, 4) is 0 Å². The van der Waals surface area contributed by atoms with Crippen molar-refractivity contribution in [2.45, 2.75) is 18.4 Å². The van der Waals surface area contributed by atoms with E-state index >= 15 is 0 Å². The molecule has 15 heavy (non-hydrogen) atoms.